The first-order chi connectivity index (χ1) is 7.66. The van der Waals surface area contributed by atoms with Crippen molar-refractivity contribution in [1.82, 2.24) is 4.98 Å². The zero-order chi connectivity index (χ0) is 11.5. The molecule has 0 aromatic carbocycles. The van der Waals surface area contributed by atoms with Gasteiger partial charge in [-0.1, -0.05) is 11.8 Å². The van der Waals surface area contributed by atoms with Crippen LogP contribution in [0.4, 0.5) is 0 Å². The highest BCUT2D eigenvalue weighted by molar-refractivity contribution is 8.00. The van der Waals surface area contributed by atoms with E-state index >= 15 is 0 Å². The molecule has 0 spiro atoms. The van der Waals surface area contributed by atoms with Crippen molar-refractivity contribution in [1.29, 1.82) is 0 Å². The van der Waals surface area contributed by atoms with Crippen LogP contribution in [0.15, 0.2) is 22.0 Å². The Morgan fingerprint density at radius 2 is 2.44 bits per heavy atom. The number of aryl methyl sites for hydroxylation is 1. The van der Waals surface area contributed by atoms with Crippen LogP contribution in [0.5, 0.6) is 0 Å². The Labute approximate surface area is 105 Å². The predicted molar refractivity (Wildman–Crippen MR) is 67.7 cm³/mol. The van der Waals surface area contributed by atoms with E-state index in [-0.39, 0.29) is 0 Å². The van der Waals surface area contributed by atoms with Gasteiger partial charge in [-0.05, 0) is 18.6 Å². The van der Waals surface area contributed by atoms with E-state index in [4.69, 9.17) is 5.11 Å². The van der Waals surface area contributed by atoms with E-state index < -0.39 is 5.97 Å². The number of carboxylic acid groups (broad SMARTS) is 1. The fourth-order valence-electron chi connectivity index (χ4n) is 1.19. The van der Waals surface area contributed by atoms with Crippen molar-refractivity contribution < 1.29 is 9.90 Å². The topological polar surface area (TPSA) is 50.2 Å². The van der Waals surface area contributed by atoms with Gasteiger partial charge in [0.1, 0.15) is 9.22 Å². The zero-order valence-electron chi connectivity index (χ0n) is 8.47. The molecule has 0 atom stereocenters. The molecule has 0 unspecified atom stereocenters. The number of aromatic nitrogens is 1. The largest absolute Gasteiger partial charge is 0.477 e. The summed E-state index contributed by atoms with van der Waals surface area (Å²) in [6, 6.07) is 1.75. The Balaban J connectivity index is 2.07. The quantitative estimate of drug-likeness (QED) is 0.865. The molecule has 1 N–H and O–H groups in total. The third-order valence-electron chi connectivity index (χ3n) is 1.99. The molecule has 0 saturated carbocycles. The maximum absolute atomic E-state index is 10.8. The van der Waals surface area contributed by atoms with Gasteiger partial charge in [0.25, 0.3) is 0 Å². The van der Waals surface area contributed by atoms with E-state index in [1.54, 1.807) is 35.4 Å². The number of hydrogen-bond acceptors (Lipinski definition) is 5. The van der Waals surface area contributed by atoms with Gasteiger partial charge in [-0.15, -0.1) is 22.7 Å². The lowest BCUT2D eigenvalue weighted by Gasteiger charge is -1.96. The minimum Gasteiger partial charge on any atom is -0.477 e. The van der Waals surface area contributed by atoms with Crippen LogP contribution in [0.3, 0.4) is 0 Å². The van der Waals surface area contributed by atoms with Crippen molar-refractivity contribution in [2.24, 2.45) is 0 Å². The summed E-state index contributed by atoms with van der Waals surface area (Å²) >= 11 is 4.57. The van der Waals surface area contributed by atoms with Crippen molar-refractivity contribution in [3.63, 3.8) is 0 Å². The fourth-order valence-corrected chi connectivity index (χ4v) is 3.85. The molecule has 2 aromatic heterocycles. The molecule has 0 saturated heterocycles. The number of rotatable bonds is 4. The maximum atomic E-state index is 10.8. The van der Waals surface area contributed by atoms with Crippen molar-refractivity contribution in [2.45, 2.75) is 17.0 Å². The summed E-state index contributed by atoms with van der Waals surface area (Å²) in [6.07, 6.45) is 1.77. The molecule has 3 nitrogen and oxygen atoms in total. The van der Waals surface area contributed by atoms with E-state index in [0.29, 0.717) is 4.88 Å². The molecular weight excluding hydrogens is 262 g/mol. The van der Waals surface area contributed by atoms with Crippen LogP contribution in [0.1, 0.15) is 20.1 Å². The highest BCUT2D eigenvalue weighted by Gasteiger charge is 2.11. The number of nitrogens with zero attached hydrogens (tertiary/aromatic N) is 1. The third-order valence-corrected chi connectivity index (χ3v) is 5.09. The molecular formula is C10H9NO2S3. The molecule has 0 aliphatic heterocycles. The van der Waals surface area contributed by atoms with Gasteiger partial charge >= 0.3 is 5.97 Å². The predicted octanol–water partition coefficient (Wildman–Crippen LogP) is 3.50. The normalized spacial score (nSPS) is 10.6. The number of carbonyl (C=O) groups is 1. The first kappa shape index (κ1) is 11.6. The summed E-state index contributed by atoms with van der Waals surface area (Å²) in [4.78, 5) is 16.4. The number of carboxylic acids is 1. The SMILES string of the molecule is Cc1sc(C(=O)O)cc1CSc1nccs1. The van der Waals surface area contributed by atoms with Gasteiger partial charge in [-0.3, -0.25) is 0 Å². The monoisotopic (exact) mass is 271 g/mol. The molecule has 16 heavy (non-hydrogen) atoms. The second-order valence-corrected chi connectivity index (χ2v) is 6.46. The Bertz CT molecular complexity index is 490. The van der Waals surface area contributed by atoms with Gasteiger partial charge in [0.2, 0.25) is 0 Å². The fraction of sp³-hybridized carbons (Fsp3) is 0.200. The summed E-state index contributed by atoms with van der Waals surface area (Å²) in [5.74, 6) is -0.0676. The van der Waals surface area contributed by atoms with Crippen LogP contribution in [-0.4, -0.2) is 16.1 Å². The van der Waals surface area contributed by atoms with E-state index in [1.165, 1.54) is 11.3 Å². The zero-order valence-corrected chi connectivity index (χ0v) is 10.9. The molecule has 2 heterocycles. The van der Waals surface area contributed by atoms with E-state index in [2.05, 4.69) is 4.98 Å². The van der Waals surface area contributed by atoms with Gasteiger partial charge in [0, 0.05) is 22.2 Å². The number of thiophene rings is 1. The number of hydrogen-bond donors (Lipinski definition) is 1. The third kappa shape index (κ3) is 2.63. The van der Waals surface area contributed by atoms with E-state index in [1.807, 2.05) is 12.3 Å². The van der Waals surface area contributed by atoms with Gasteiger partial charge in [-0.25, -0.2) is 9.78 Å². The Morgan fingerprint density at radius 3 is 3.00 bits per heavy atom. The van der Waals surface area contributed by atoms with Crippen molar-refractivity contribution in [3.8, 4) is 0 Å². The van der Waals surface area contributed by atoms with Crippen LogP contribution in [0.2, 0.25) is 0 Å². The molecule has 0 amide bonds. The Kier molecular flexibility index (Phi) is 3.63. The average Bonchev–Trinajstić information content (AvgIpc) is 2.84. The van der Waals surface area contributed by atoms with Crippen LogP contribution >= 0.6 is 34.4 Å². The van der Waals surface area contributed by atoms with Gasteiger partial charge in [0.05, 0.1) is 0 Å². The smallest absolute Gasteiger partial charge is 0.345 e. The van der Waals surface area contributed by atoms with Crippen LogP contribution in [0, 0.1) is 6.92 Å². The lowest BCUT2D eigenvalue weighted by Crippen LogP contribution is -1.90. The number of aromatic carboxylic acids is 1. The average molecular weight is 271 g/mol. The maximum Gasteiger partial charge on any atom is 0.345 e. The molecule has 6 heteroatoms. The molecule has 0 fully saturated rings. The Hall–Kier alpha value is -0.850. The lowest BCUT2D eigenvalue weighted by atomic mass is 10.3. The molecule has 2 aromatic rings. The molecule has 84 valence electrons. The summed E-state index contributed by atoms with van der Waals surface area (Å²) in [5.41, 5.74) is 1.09. The minimum absolute atomic E-state index is 0.409. The van der Waals surface area contributed by atoms with Crippen molar-refractivity contribution in [2.75, 3.05) is 0 Å². The molecule has 0 aliphatic rings. The number of thiazole rings is 1. The van der Waals surface area contributed by atoms with Gasteiger partial charge < -0.3 is 5.11 Å². The van der Waals surface area contributed by atoms with Crippen LogP contribution in [-0.2, 0) is 5.75 Å². The summed E-state index contributed by atoms with van der Waals surface area (Å²) in [7, 11) is 0. The molecule has 0 bridgehead atoms. The highest BCUT2D eigenvalue weighted by Crippen LogP contribution is 2.29. The molecule has 0 aliphatic carbocycles. The summed E-state index contributed by atoms with van der Waals surface area (Å²) in [6.45, 7) is 1.95. The van der Waals surface area contributed by atoms with Crippen LogP contribution in [0.25, 0.3) is 0 Å². The van der Waals surface area contributed by atoms with Gasteiger partial charge in [0.15, 0.2) is 0 Å². The first-order valence-electron chi connectivity index (χ1n) is 4.51. The van der Waals surface area contributed by atoms with E-state index in [9.17, 15) is 4.79 Å². The summed E-state index contributed by atoms with van der Waals surface area (Å²) in [5, 5.41) is 10.8. The second kappa shape index (κ2) is 4.99. The second-order valence-electron chi connectivity index (χ2n) is 3.08. The lowest BCUT2D eigenvalue weighted by molar-refractivity contribution is 0.0702. The van der Waals surface area contributed by atoms with Crippen molar-refractivity contribution in [3.05, 3.63) is 33.0 Å². The highest BCUT2D eigenvalue weighted by atomic mass is 32.2. The van der Waals surface area contributed by atoms with E-state index in [0.717, 1.165) is 20.5 Å². The van der Waals surface area contributed by atoms with Crippen LogP contribution < -0.4 is 0 Å². The van der Waals surface area contributed by atoms with Gasteiger partial charge in [-0.2, -0.15) is 0 Å². The summed E-state index contributed by atoms with van der Waals surface area (Å²) < 4.78 is 1.02. The van der Waals surface area contributed by atoms with Crippen molar-refractivity contribution >= 4 is 40.4 Å². The molecule has 2 rings (SSSR count). The first-order valence-corrected chi connectivity index (χ1v) is 7.20. The standard InChI is InChI=1S/C10H9NO2S3/c1-6-7(4-8(16-6)9(12)13)5-15-10-11-2-3-14-10/h2-4H,5H2,1H3,(H,12,13). The molecule has 0 radical (unpaired) electrons. The number of thioether (sulfide) groups is 1. The minimum atomic E-state index is -0.849. The Morgan fingerprint density at radius 1 is 1.62 bits per heavy atom.